The molecule has 8 nitrogen and oxygen atoms in total. The van der Waals surface area contributed by atoms with Gasteiger partial charge in [0.15, 0.2) is 11.0 Å². The van der Waals surface area contributed by atoms with Crippen LogP contribution in [0.3, 0.4) is 0 Å². The maximum atomic E-state index is 12.7. The molecule has 5 rings (SSSR count). The lowest BCUT2D eigenvalue weighted by Gasteiger charge is -2.11. The quantitative estimate of drug-likeness (QED) is 0.207. The summed E-state index contributed by atoms with van der Waals surface area (Å²) in [4.78, 5) is 27.9. The first-order valence-corrected chi connectivity index (χ1v) is 12.8. The summed E-state index contributed by atoms with van der Waals surface area (Å²) in [6.45, 7) is 4.10. The van der Waals surface area contributed by atoms with Crippen LogP contribution in [-0.2, 0) is 9.53 Å². The summed E-state index contributed by atoms with van der Waals surface area (Å²) in [5.41, 5.74) is 5.00. The van der Waals surface area contributed by atoms with Crippen LogP contribution in [0.5, 0.6) is 0 Å². The van der Waals surface area contributed by atoms with E-state index in [1.807, 2.05) is 60.2 Å². The molecule has 2 aromatic heterocycles. The number of ether oxygens (including phenoxy) is 1. The number of hydrogen-bond acceptors (Lipinski definition) is 6. The Morgan fingerprint density at radius 3 is 2.62 bits per heavy atom. The van der Waals surface area contributed by atoms with Gasteiger partial charge in [-0.3, -0.25) is 9.36 Å². The number of thioether (sulfide) groups is 1. The largest absolute Gasteiger partial charge is 0.462 e. The maximum Gasteiger partial charge on any atom is 0.338 e. The van der Waals surface area contributed by atoms with Gasteiger partial charge in [-0.15, -0.1) is 10.2 Å². The summed E-state index contributed by atoms with van der Waals surface area (Å²) in [5, 5.41) is 13.5. The molecule has 0 bridgehead atoms. The summed E-state index contributed by atoms with van der Waals surface area (Å²) < 4.78 is 6.98. The number of carbonyl (C=O) groups excluding carboxylic acids is 2. The number of carbonyl (C=O) groups is 2. The maximum absolute atomic E-state index is 12.7. The number of aromatic amines is 1. The third-order valence-electron chi connectivity index (χ3n) is 5.74. The van der Waals surface area contributed by atoms with Crippen molar-refractivity contribution in [3.05, 3.63) is 90.1 Å². The number of nitrogens with zero attached hydrogens (tertiary/aromatic N) is 3. The summed E-state index contributed by atoms with van der Waals surface area (Å²) >= 11 is 1.31. The van der Waals surface area contributed by atoms with E-state index in [2.05, 4.69) is 26.6 Å². The summed E-state index contributed by atoms with van der Waals surface area (Å²) in [5.74, 6) is 0.247. The van der Waals surface area contributed by atoms with Gasteiger partial charge in [0.2, 0.25) is 5.91 Å². The zero-order chi connectivity index (χ0) is 25.8. The smallest absolute Gasteiger partial charge is 0.338 e. The van der Waals surface area contributed by atoms with Crippen molar-refractivity contribution in [1.82, 2.24) is 19.7 Å². The van der Waals surface area contributed by atoms with Gasteiger partial charge in [-0.25, -0.2) is 4.79 Å². The van der Waals surface area contributed by atoms with Gasteiger partial charge in [0.25, 0.3) is 0 Å². The molecule has 2 N–H and O–H groups in total. The molecule has 0 saturated heterocycles. The lowest BCUT2D eigenvalue weighted by Crippen LogP contribution is -2.15. The number of hydrogen-bond donors (Lipinski definition) is 2. The molecule has 0 aliphatic heterocycles. The molecule has 0 aliphatic carbocycles. The molecule has 9 heteroatoms. The van der Waals surface area contributed by atoms with Crippen molar-refractivity contribution in [2.75, 3.05) is 17.7 Å². The van der Waals surface area contributed by atoms with E-state index in [-0.39, 0.29) is 11.7 Å². The van der Waals surface area contributed by atoms with E-state index < -0.39 is 5.97 Å². The van der Waals surface area contributed by atoms with E-state index in [0.717, 1.165) is 27.7 Å². The number of aromatic nitrogens is 4. The monoisotopic (exact) mass is 511 g/mol. The molecule has 0 aliphatic rings. The first-order valence-electron chi connectivity index (χ1n) is 11.8. The molecule has 0 spiro atoms. The second kappa shape index (κ2) is 10.7. The molecular weight excluding hydrogens is 486 g/mol. The van der Waals surface area contributed by atoms with E-state index >= 15 is 0 Å². The van der Waals surface area contributed by atoms with Crippen LogP contribution >= 0.6 is 11.8 Å². The van der Waals surface area contributed by atoms with E-state index in [4.69, 9.17) is 4.74 Å². The predicted octanol–water partition coefficient (Wildman–Crippen LogP) is 5.63. The number of para-hydroxylation sites is 1. The predicted molar refractivity (Wildman–Crippen MR) is 145 cm³/mol. The Kier molecular flexibility index (Phi) is 7.04. The molecule has 0 radical (unpaired) electrons. The Bertz CT molecular complexity index is 1570. The van der Waals surface area contributed by atoms with Crippen molar-refractivity contribution in [2.45, 2.75) is 19.0 Å². The molecule has 37 heavy (non-hydrogen) atoms. The first-order chi connectivity index (χ1) is 18.0. The average Bonchev–Trinajstić information content (AvgIpc) is 3.52. The van der Waals surface area contributed by atoms with Crippen LogP contribution in [0.15, 0.2) is 84.1 Å². The fraction of sp³-hybridized carbons (Fsp3) is 0.143. The highest BCUT2D eigenvalue weighted by Gasteiger charge is 2.20. The summed E-state index contributed by atoms with van der Waals surface area (Å²) in [7, 11) is 0. The van der Waals surface area contributed by atoms with Crippen molar-refractivity contribution >= 4 is 40.2 Å². The molecule has 5 aromatic rings. The van der Waals surface area contributed by atoms with Gasteiger partial charge in [0.05, 0.1) is 17.9 Å². The van der Waals surface area contributed by atoms with Gasteiger partial charge in [-0.2, -0.15) is 0 Å². The molecular formula is C28H25N5O3S. The lowest BCUT2D eigenvalue weighted by molar-refractivity contribution is -0.113. The standard InChI is InChI=1S/C28H25N5O3S/c1-3-36-27(35)19-11-13-20(14-12-19)30-25(34)17-37-28-32-31-26(33(28)21-8-6-7-18(2)15-21)23-16-29-24-10-5-4-9-22(23)24/h4-16,29H,3,17H2,1-2H3,(H,30,34). The molecule has 186 valence electrons. The minimum atomic E-state index is -0.391. The number of amides is 1. The van der Waals surface area contributed by atoms with Gasteiger partial charge in [0, 0.05) is 34.0 Å². The van der Waals surface area contributed by atoms with Crippen molar-refractivity contribution in [3.63, 3.8) is 0 Å². The zero-order valence-electron chi connectivity index (χ0n) is 20.4. The second-order valence-electron chi connectivity index (χ2n) is 8.36. The highest BCUT2D eigenvalue weighted by Crippen LogP contribution is 2.32. The van der Waals surface area contributed by atoms with Crippen LogP contribution in [-0.4, -0.2) is 44.0 Å². The first kappa shape index (κ1) is 24.3. The molecule has 1 amide bonds. The minimum absolute atomic E-state index is 0.136. The molecule has 0 saturated carbocycles. The van der Waals surface area contributed by atoms with E-state index in [0.29, 0.717) is 28.8 Å². The Labute approximate surface area is 218 Å². The van der Waals surface area contributed by atoms with Crippen molar-refractivity contribution in [3.8, 4) is 17.1 Å². The topological polar surface area (TPSA) is 102 Å². The Morgan fingerprint density at radius 2 is 1.84 bits per heavy atom. The minimum Gasteiger partial charge on any atom is -0.462 e. The van der Waals surface area contributed by atoms with E-state index in [1.165, 1.54) is 11.8 Å². The average molecular weight is 512 g/mol. The Balaban J connectivity index is 1.38. The van der Waals surface area contributed by atoms with Crippen LogP contribution in [0.4, 0.5) is 5.69 Å². The van der Waals surface area contributed by atoms with Crippen LogP contribution in [0.25, 0.3) is 28.0 Å². The lowest BCUT2D eigenvalue weighted by atomic mass is 10.1. The van der Waals surface area contributed by atoms with Crippen molar-refractivity contribution < 1.29 is 14.3 Å². The van der Waals surface area contributed by atoms with E-state index in [9.17, 15) is 9.59 Å². The van der Waals surface area contributed by atoms with Crippen LogP contribution in [0.1, 0.15) is 22.8 Å². The number of rotatable bonds is 8. The van der Waals surface area contributed by atoms with Crippen LogP contribution in [0, 0.1) is 6.92 Å². The van der Waals surface area contributed by atoms with Crippen molar-refractivity contribution in [2.24, 2.45) is 0 Å². The number of aryl methyl sites for hydroxylation is 1. The molecule has 2 heterocycles. The zero-order valence-corrected chi connectivity index (χ0v) is 21.2. The third-order valence-corrected chi connectivity index (χ3v) is 6.66. The SMILES string of the molecule is CCOC(=O)c1ccc(NC(=O)CSc2nnc(-c3c[nH]c4ccccc34)n2-c2cccc(C)c2)cc1. The van der Waals surface area contributed by atoms with Crippen LogP contribution in [0.2, 0.25) is 0 Å². The van der Waals surface area contributed by atoms with Gasteiger partial charge < -0.3 is 15.0 Å². The summed E-state index contributed by atoms with van der Waals surface area (Å²) in [6, 6.07) is 22.8. The summed E-state index contributed by atoms with van der Waals surface area (Å²) in [6.07, 6.45) is 1.93. The number of fused-ring (bicyclic) bond motifs is 1. The van der Waals surface area contributed by atoms with Gasteiger partial charge >= 0.3 is 5.97 Å². The van der Waals surface area contributed by atoms with Crippen LogP contribution < -0.4 is 5.32 Å². The second-order valence-corrected chi connectivity index (χ2v) is 9.31. The fourth-order valence-electron chi connectivity index (χ4n) is 4.03. The highest BCUT2D eigenvalue weighted by atomic mass is 32.2. The normalized spacial score (nSPS) is 11.0. The molecule has 0 fully saturated rings. The number of nitrogens with one attached hydrogen (secondary N) is 2. The Hall–Kier alpha value is -4.37. The number of anilines is 1. The fourth-order valence-corrected chi connectivity index (χ4v) is 4.78. The van der Waals surface area contributed by atoms with E-state index in [1.54, 1.807) is 31.2 Å². The Morgan fingerprint density at radius 1 is 1.03 bits per heavy atom. The van der Waals surface area contributed by atoms with Gasteiger partial charge in [0.1, 0.15) is 0 Å². The molecule has 0 atom stereocenters. The number of H-pyrrole nitrogens is 1. The van der Waals surface area contributed by atoms with Gasteiger partial charge in [-0.05, 0) is 61.9 Å². The molecule has 0 unspecified atom stereocenters. The molecule has 3 aromatic carbocycles. The number of benzene rings is 3. The third kappa shape index (κ3) is 5.26. The highest BCUT2D eigenvalue weighted by molar-refractivity contribution is 7.99. The van der Waals surface area contributed by atoms with Gasteiger partial charge in [-0.1, -0.05) is 42.1 Å². The number of esters is 1. The van der Waals surface area contributed by atoms with Crippen molar-refractivity contribution in [1.29, 1.82) is 0 Å².